The lowest BCUT2D eigenvalue weighted by molar-refractivity contribution is -0.147. The molecule has 0 aliphatic carbocycles. The standard InChI is InChI=1S/C65H89N13O17S/c1-35-32-77-55(56(35)85)61(90)68-31-42(80)29-45(69-57(86)39-10-8-38(9-11-39)46-34-78-65(70-46)96-62(74-78)40-12-14-41(15-13-40)75-22-18-44(19-23-75)94-25-6-4-5-24-93-3)58(87)71-52(36(2)79)63(91)76-33-43(81)30-47(76)59(88)72-53(60(89)73-54(64(77)92)49(83)17-20-66)50(84)27-37-7-16-48(82)51(28-37)95-26-21-67/h7-16,28,34-36,42-45,47,49-50,52-56,79-85H,4-6,17-27,29-33,66-67H2,1-3H3,(H,68,90)(H,69,86)(H,71,87)(H,72,88)(H,73,89)/t35-,36+,42+,43+,45?,47-,49+,50+,52-,53-,54-,55-,56-/m0/s1. The van der Waals surface area contributed by atoms with Gasteiger partial charge in [0.25, 0.3) is 5.91 Å². The Morgan fingerprint density at radius 2 is 1.45 bits per heavy atom. The van der Waals surface area contributed by atoms with Crippen molar-refractivity contribution in [2.45, 2.75) is 151 Å². The number of unbranched alkanes of at least 4 members (excludes halogenated alkanes) is 2. The third kappa shape index (κ3) is 17.8. The van der Waals surface area contributed by atoms with Gasteiger partial charge in [-0.1, -0.05) is 36.5 Å². The monoisotopic (exact) mass is 1360 g/mol. The summed E-state index contributed by atoms with van der Waals surface area (Å²) in [6.07, 6.45) is -4.79. The molecule has 5 aromatic rings. The molecule has 1 unspecified atom stereocenters. The third-order valence-electron chi connectivity index (χ3n) is 17.8. The number of imidazole rings is 1. The highest BCUT2D eigenvalue weighted by Crippen LogP contribution is 2.33. The van der Waals surface area contributed by atoms with E-state index in [0.717, 1.165) is 91.4 Å². The number of anilines is 1. The highest BCUT2D eigenvalue weighted by atomic mass is 32.1. The Hall–Kier alpha value is -7.95. The minimum absolute atomic E-state index is 0.00631. The van der Waals surface area contributed by atoms with Gasteiger partial charge in [-0.3, -0.25) is 33.6 Å². The molecule has 3 aromatic carbocycles. The number of carbonyl (C=O) groups excluding carboxylic acids is 7. The maximum atomic E-state index is 14.7. The number of hydrogen-bond acceptors (Lipinski definition) is 23. The number of benzene rings is 3. The Morgan fingerprint density at radius 3 is 2.14 bits per heavy atom. The van der Waals surface area contributed by atoms with Crippen molar-refractivity contribution in [3.05, 3.63) is 84.1 Å². The van der Waals surface area contributed by atoms with Gasteiger partial charge >= 0.3 is 0 Å². The average Bonchev–Trinajstić information content (AvgIpc) is 1.63. The van der Waals surface area contributed by atoms with Crippen molar-refractivity contribution in [2.24, 2.45) is 17.4 Å². The summed E-state index contributed by atoms with van der Waals surface area (Å²) < 4.78 is 18.5. The summed E-state index contributed by atoms with van der Waals surface area (Å²) >= 11 is 1.40. The van der Waals surface area contributed by atoms with Crippen molar-refractivity contribution in [2.75, 3.05) is 77.6 Å². The number of nitrogens with zero attached hydrogens (tertiary/aromatic N) is 6. The van der Waals surface area contributed by atoms with Crippen LogP contribution in [-0.2, 0) is 44.7 Å². The number of aliphatic hydroxyl groups is 6. The zero-order valence-electron chi connectivity index (χ0n) is 53.9. The number of nitrogens with one attached hydrogen (secondary N) is 5. The Bertz CT molecular complexity index is 3450. The molecule has 13 atom stereocenters. The molecule has 2 aromatic heterocycles. The molecule has 4 aliphatic rings. The second kappa shape index (κ2) is 33.3. The summed E-state index contributed by atoms with van der Waals surface area (Å²) in [6, 6.07) is 7.52. The molecule has 0 radical (unpaired) electrons. The van der Waals surface area contributed by atoms with Crippen molar-refractivity contribution < 1.29 is 83.5 Å². The Labute approximate surface area is 558 Å². The van der Waals surface area contributed by atoms with E-state index in [2.05, 4.69) is 43.6 Å². The van der Waals surface area contributed by atoms with Gasteiger partial charge in [0.15, 0.2) is 11.5 Å². The lowest BCUT2D eigenvalue weighted by Crippen LogP contribution is -2.64. The number of aromatic hydroxyl groups is 1. The second-order valence-corrected chi connectivity index (χ2v) is 26.0. The van der Waals surface area contributed by atoms with Gasteiger partial charge in [-0.2, -0.15) is 5.10 Å². The van der Waals surface area contributed by atoms with Gasteiger partial charge in [0, 0.05) is 107 Å². The molecule has 4 fully saturated rings. The first-order valence-electron chi connectivity index (χ1n) is 32.5. The fraction of sp³-hybridized carbons (Fsp3) is 0.554. The van der Waals surface area contributed by atoms with E-state index < -0.39 is 152 Å². The first-order valence-corrected chi connectivity index (χ1v) is 33.3. The van der Waals surface area contributed by atoms with Crippen molar-refractivity contribution in [3.8, 4) is 33.3 Å². The number of phenolic OH excluding ortho intramolecular Hbond substituents is 1. The van der Waals surface area contributed by atoms with Gasteiger partial charge in [-0.25, -0.2) is 9.50 Å². The molecule has 4 saturated heterocycles. The summed E-state index contributed by atoms with van der Waals surface area (Å²) in [5, 5.41) is 97.1. The molecule has 31 heteroatoms. The average molecular weight is 1360 g/mol. The zero-order chi connectivity index (χ0) is 68.9. The Balaban J connectivity index is 0.930. The van der Waals surface area contributed by atoms with E-state index >= 15 is 0 Å². The highest BCUT2D eigenvalue weighted by Gasteiger charge is 2.50. The third-order valence-corrected chi connectivity index (χ3v) is 18.8. The molecule has 0 bridgehead atoms. The van der Waals surface area contributed by atoms with E-state index in [4.69, 9.17) is 35.8 Å². The topological polar surface area (TPSA) is 441 Å². The molecule has 6 heterocycles. The predicted octanol–water partition coefficient (Wildman–Crippen LogP) is -1.73. The van der Waals surface area contributed by atoms with Gasteiger partial charge in [0.2, 0.25) is 40.4 Å². The molecule has 96 heavy (non-hydrogen) atoms. The van der Waals surface area contributed by atoms with E-state index in [-0.39, 0.29) is 61.4 Å². The van der Waals surface area contributed by atoms with E-state index in [1.54, 1.807) is 30.0 Å². The number of rotatable bonds is 22. The summed E-state index contributed by atoms with van der Waals surface area (Å²) in [7, 11) is 1.72. The van der Waals surface area contributed by atoms with Crippen LogP contribution in [0.5, 0.6) is 11.5 Å². The number of piperidine rings is 1. The zero-order valence-corrected chi connectivity index (χ0v) is 54.7. The van der Waals surface area contributed by atoms with Crippen molar-refractivity contribution in [1.29, 1.82) is 0 Å². The van der Waals surface area contributed by atoms with Crippen LogP contribution in [0, 0.1) is 5.92 Å². The maximum Gasteiger partial charge on any atom is 0.251 e. The van der Waals surface area contributed by atoms with Crippen LogP contribution in [0.2, 0.25) is 0 Å². The predicted molar refractivity (Wildman–Crippen MR) is 350 cm³/mol. The molecule has 30 nitrogen and oxygen atoms in total. The number of ether oxygens (including phenoxy) is 3. The Morgan fingerprint density at radius 1 is 0.760 bits per heavy atom. The molecular formula is C65H89N13O17S. The van der Waals surface area contributed by atoms with Crippen molar-refractivity contribution in [1.82, 2.24) is 51.0 Å². The lowest BCUT2D eigenvalue weighted by Gasteiger charge is -2.34. The van der Waals surface area contributed by atoms with Crippen LogP contribution in [0.3, 0.4) is 0 Å². The van der Waals surface area contributed by atoms with Crippen LogP contribution in [-0.4, -0.2) is 253 Å². The normalized spacial score (nSPS) is 25.5. The number of methoxy groups -OCH3 is 1. The summed E-state index contributed by atoms with van der Waals surface area (Å²) in [5.74, 6) is -8.66. The molecule has 7 amide bonds. The summed E-state index contributed by atoms with van der Waals surface area (Å²) in [5.41, 5.74) is 14.9. The van der Waals surface area contributed by atoms with Gasteiger partial charge < -0.3 is 103 Å². The smallest absolute Gasteiger partial charge is 0.251 e. The van der Waals surface area contributed by atoms with E-state index in [1.165, 1.54) is 48.6 Å². The van der Waals surface area contributed by atoms with Crippen LogP contribution in [0.4, 0.5) is 5.69 Å². The second-order valence-electron chi connectivity index (χ2n) is 25.0. The summed E-state index contributed by atoms with van der Waals surface area (Å²) in [4.78, 5) is 111. The lowest BCUT2D eigenvalue weighted by atomic mass is 9.98. The van der Waals surface area contributed by atoms with Crippen molar-refractivity contribution >= 4 is 63.3 Å². The van der Waals surface area contributed by atoms with E-state index in [9.17, 15) is 69.3 Å². The van der Waals surface area contributed by atoms with Crippen LogP contribution in [0.25, 0.3) is 26.8 Å². The quantitative estimate of drug-likeness (QED) is 0.0342. The largest absolute Gasteiger partial charge is 0.504 e. The van der Waals surface area contributed by atoms with Gasteiger partial charge in [-0.05, 0) is 106 Å². The number of aromatic nitrogens is 3. The first-order chi connectivity index (χ1) is 46.0. The van der Waals surface area contributed by atoms with Gasteiger partial charge in [0.1, 0.15) is 47.9 Å². The maximum absolute atomic E-state index is 14.7. The van der Waals surface area contributed by atoms with E-state index in [1.807, 2.05) is 12.1 Å². The van der Waals surface area contributed by atoms with Crippen LogP contribution in [0.15, 0.2) is 72.9 Å². The molecule has 0 saturated carbocycles. The first kappa shape index (κ1) is 72.3. The van der Waals surface area contributed by atoms with Gasteiger partial charge in [-0.15, -0.1) is 0 Å². The number of nitrogens with two attached hydrogens (primary N) is 2. The molecule has 9 rings (SSSR count). The molecule has 522 valence electrons. The number of hydrogen-bond donors (Lipinski definition) is 14. The SMILES string of the molecule is COCCCCCOC1CCN(c2ccc(-c3nn4cc(-c5ccc(C(=O)NC6C[C@@H](O)CNC(=O)[C@@H]7[C@@H](O)[C@@H](C)CN7C(=O)[C@H]([C@H](O)CCN)NC(=O)[C@H]([C@H](O)Cc7ccc(O)c(OCCN)c7)NC(=O)[C@@H]7C[C@@H](O)CN7C(=O)[C@H]([C@@H](C)O)NC6=O)cc5)nc4s3)cc2)CC1. The molecule has 0 spiro atoms. The highest BCUT2D eigenvalue weighted by molar-refractivity contribution is 7.19. The fourth-order valence-electron chi connectivity index (χ4n) is 12.4. The number of fused-ring (bicyclic) bond motifs is 3. The van der Waals surface area contributed by atoms with E-state index in [0.29, 0.717) is 16.2 Å². The minimum atomic E-state index is -2.04. The molecular weight excluding hydrogens is 1270 g/mol. The number of amides is 7. The van der Waals surface area contributed by atoms with Gasteiger partial charge in [0.05, 0.1) is 54.6 Å². The number of aliphatic hydroxyl groups excluding tert-OH is 6. The molecule has 4 aliphatic heterocycles. The van der Waals surface area contributed by atoms with Crippen LogP contribution >= 0.6 is 11.3 Å². The van der Waals surface area contributed by atoms with Crippen molar-refractivity contribution in [3.63, 3.8) is 0 Å². The number of carbonyl (C=O) groups is 7. The number of β-amino-alcohol motifs (C(OH)–C–C–N with tert-alkyl or cyclic N) is 1. The number of phenols is 1. The van der Waals surface area contributed by atoms with Crippen LogP contribution in [0.1, 0.15) is 81.1 Å². The fourth-order valence-corrected chi connectivity index (χ4v) is 13.3. The summed E-state index contributed by atoms with van der Waals surface area (Å²) in [6.45, 7) is 4.40. The molecule has 16 N–H and O–H groups in total. The minimum Gasteiger partial charge on any atom is -0.504 e. The van der Waals surface area contributed by atoms with Crippen LogP contribution < -0.4 is 47.7 Å². The Kier molecular flexibility index (Phi) is 25.1.